The number of fused-ring (bicyclic) bond motifs is 1. The predicted molar refractivity (Wildman–Crippen MR) is 107 cm³/mol. The predicted octanol–water partition coefficient (Wildman–Crippen LogP) is 4.95. The summed E-state index contributed by atoms with van der Waals surface area (Å²) in [6.07, 6.45) is 1.01. The second-order valence-electron chi connectivity index (χ2n) is 6.50. The van der Waals surface area contributed by atoms with E-state index in [0.717, 1.165) is 17.6 Å². The van der Waals surface area contributed by atoms with Crippen LogP contribution in [0.2, 0.25) is 5.02 Å². The molecule has 6 nitrogen and oxygen atoms in total. The third kappa shape index (κ3) is 4.78. The Labute approximate surface area is 162 Å². The molecular formula is C20H22ClN3O3. The number of anilines is 2. The van der Waals surface area contributed by atoms with Crippen LogP contribution in [-0.2, 0) is 11.3 Å². The highest BCUT2D eigenvalue weighted by molar-refractivity contribution is 6.30. The molecule has 1 aromatic heterocycles. The normalized spacial score (nSPS) is 11.3. The number of nitrogens with one attached hydrogen (secondary N) is 1. The second kappa shape index (κ2) is 8.41. The standard InChI is InChI=1S/C20H22ClN3O3/c1-13(2)27-11-3-10-24-18-9-4-14(19(25)26)12-17(18)23-20(24)22-16-7-5-15(21)6-8-16/h4-9,12-13H,3,10-11H2,1-2H3,(H,22,23)(H,25,26). The van der Waals surface area contributed by atoms with Crippen molar-refractivity contribution in [1.82, 2.24) is 9.55 Å². The number of aryl methyl sites for hydroxylation is 1. The maximum Gasteiger partial charge on any atom is 0.335 e. The fourth-order valence-corrected chi connectivity index (χ4v) is 2.91. The van der Waals surface area contributed by atoms with Gasteiger partial charge in [-0.05, 0) is 62.7 Å². The number of nitrogens with zero attached hydrogens (tertiary/aromatic N) is 2. The summed E-state index contributed by atoms with van der Waals surface area (Å²) in [5.74, 6) is -0.316. The van der Waals surface area contributed by atoms with Crippen LogP contribution in [0.3, 0.4) is 0 Å². The van der Waals surface area contributed by atoms with Gasteiger partial charge in [0.1, 0.15) is 0 Å². The van der Waals surface area contributed by atoms with Crippen LogP contribution < -0.4 is 5.32 Å². The molecule has 0 bridgehead atoms. The molecule has 0 atom stereocenters. The largest absolute Gasteiger partial charge is 0.478 e. The lowest BCUT2D eigenvalue weighted by Gasteiger charge is -2.12. The Balaban J connectivity index is 1.91. The maximum absolute atomic E-state index is 11.3. The first-order valence-electron chi connectivity index (χ1n) is 8.82. The van der Waals surface area contributed by atoms with Gasteiger partial charge in [-0.2, -0.15) is 0 Å². The van der Waals surface area contributed by atoms with E-state index in [4.69, 9.17) is 16.3 Å². The molecule has 0 aliphatic heterocycles. The van der Waals surface area contributed by atoms with E-state index in [1.165, 1.54) is 0 Å². The van der Waals surface area contributed by atoms with Gasteiger partial charge < -0.3 is 19.7 Å². The average molecular weight is 388 g/mol. The van der Waals surface area contributed by atoms with Gasteiger partial charge >= 0.3 is 5.97 Å². The number of carbonyl (C=O) groups is 1. The second-order valence-corrected chi connectivity index (χ2v) is 6.94. The van der Waals surface area contributed by atoms with Gasteiger partial charge in [-0.25, -0.2) is 9.78 Å². The minimum atomic E-state index is -0.969. The average Bonchev–Trinajstić information content (AvgIpc) is 2.96. The van der Waals surface area contributed by atoms with E-state index >= 15 is 0 Å². The third-order valence-corrected chi connectivity index (χ3v) is 4.32. The highest BCUT2D eigenvalue weighted by atomic mass is 35.5. The summed E-state index contributed by atoms with van der Waals surface area (Å²) >= 11 is 5.95. The van der Waals surface area contributed by atoms with E-state index in [9.17, 15) is 9.90 Å². The molecule has 3 rings (SSSR count). The summed E-state index contributed by atoms with van der Waals surface area (Å²) in [7, 11) is 0. The number of imidazole rings is 1. The molecule has 142 valence electrons. The molecule has 0 aliphatic carbocycles. The first-order chi connectivity index (χ1) is 12.9. The number of hydrogen-bond acceptors (Lipinski definition) is 4. The molecule has 0 amide bonds. The summed E-state index contributed by atoms with van der Waals surface area (Å²) in [4.78, 5) is 15.9. The fraction of sp³-hybridized carbons (Fsp3) is 0.300. The molecule has 7 heteroatoms. The van der Waals surface area contributed by atoms with Gasteiger partial charge in [0.05, 0.1) is 22.7 Å². The fourth-order valence-electron chi connectivity index (χ4n) is 2.79. The summed E-state index contributed by atoms with van der Waals surface area (Å²) in [5, 5.41) is 13.2. The van der Waals surface area contributed by atoms with Gasteiger partial charge in [-0.3, -0.25) is 0 Å². The van der Waals surface area contributed by atoms with Crippen molar-refractivity contribution in [3.05, 3.63) is 53.1 Å². The Bertz CT molecular complexity index is 936. The van der Waals surface area contributed by atoms with E-state index in [-0.39, 0.29) is 11.7 Å². The molecular weight excluding hydrogens is 366 g/mol. The van der Waals surface area contributed by atoms with E-state index in [0.29, 0.717) is 29.6 Å². The Morgan fingerprint density at radius 2 is 2.00 bits per heavy atom. The lowest BCUT2D eigenvalue weighted by molar-refractivity contribution is 0.0696. The number of halogens is 1. The Kier molecular flexibility index (Phi) is 5.98. The molecule has 2 N–H and O–H groups in total. The summed E-state index contributed by atoms with van der Waals surface area (Å²) < 4.78 is 7.67. The van der Waals surface area contributed by atoms with Crippen LogP contribution in [-0.4, -0.2) is 33.3 Å². The molecule has 0 spiro atoms. The van der Waals surface area contributed by atoms with Crippen molar-refractivity contribution in [3.8, 4) is 0 Å². The molecule has 3 aromatic rings. The molecule has 0 unspecified atom stereocenters. The SMILES string of the molecule is CC(C)OCCCn1c(Nc2ccc(Cl)cc2)nc2cc(C(=O)O)ccc21. The number of carboxylic acid groups (broad SMARTS) is 1. The Morgan fingerprint density at radius 3 is 2.67 bits per heavy atom. The van der Waals surface area contributed by atoms with E-state index in [2.05, 4.69) is 10.3 Å². The minimum absolute atomic E-state index is 0.189. The van der Waals surface area contributed by atoms with Crippen molar-refractivity contribution in [2.24, 2.45) is 0 Å². The quantitative estimate of drug-likeness (QED) is 0.535. The van der Waals surface area contributed by atoms with Crippen LogP contribution in [0.15, 0.2) is 42.5 Å². The molecule has 27 heavy (non-hydrogen) atoms. The number of benzene rings is 2. The maximum atomic E-state index is 11.3. The molecule has 0 saturated heterocycles. The number of aromatic carboxylic acids is 1. The molecule has 0 saturated carbocycles. The zero-order valence-corrected chi connectivity index (χ0v) is 16.0. The number of carboxylic acids is 1. The van der Waals surface area contributed by atoms with Gasteiger partial charge in [-0.15, -0.1) is 0 Å². The molecule has 0 fully saturated rings. The zero-order valence-electron chi connectivity index (χ0n) is 15.3. The van der Waals surface area contributed by atoms with Crippen LogP contribution in [0.1, 0.15) is 30.6 Å². The molecule has 0 radical (unpaired) electrons. The number of hydrogen-bond donors (Lipinski definition) is 2. The van der Waals surface area contributed by atoms with Crippen LogP contribution in [0.4, 0.5) is 11.6 Å². The summed E-state index contributed by atoms with van der Waals surface area (Å²) in [5.41, 5.74) is 2.58. The number of ether oxygens (including phenoxy) is 1. The van der Waals surface area contributed by atoms with Gasteiger partial charge in [0.25, 0.3) is 0 Å². The van der Waals surface area contributed by atoms with E-state index in [1.54, 1.807) is 30.3 Å². The lowest BCUT2D eigenvalue weighted by Crippen LogP contribution is -2.09. The van der Waals surface area contributed by atoms with E-state index in [1.807, 2.05) is 30.5 Å². The van der Waals surface area contributed by atoms with Crippen LogP contribution in [0.5, 0.6) is 0 Å². The Morgan fingerprint density at radius 1 is 1.26 bits per heavy atom. The smallest absolute Gasteiger partial charge is 0.335 e. The van der Waals surface area contributed by atoms with Gasteiger partial charge in [0.2, 0.25) is 5.95 Å². The van der Waals surface area contributed by atoms with E-state index < -0.39 is 5.97 Å². The van der Waals surface area contributed by atoms with Crippen molar-refractivity contribution in [3.63, 3.8) is 0 Å². The molecule has 1 heterocycles. The van der Waals surface area contributed by atoms with Crippen LogP contribution >= 0.6 is 11.6 Å². The summed E-state index contributed by atoms with van der Waals surface area (Å²) in [6, 6.07) is 12.3. The molecule has 0 aliphatic rings. The lowest BCUT2D eigenvalue weighted by atomic mass is 10.2. The first-order valence-corrected chi connectivity index (χ1v) is 9.19. The van der Waals surface area contributed by atoms with Crippen molar-refractivity contribution in [1.29, 1.82) is 0 Å². The highest BCUT2D eigenvalue weighted by Crippen LogP contribution is 2.25. The van der Waals surface area contributed by atoms with Crippen molar-refractivity contribution in [2.45, 2.75) is 32.9 Å². The first kappa shape index (κ1) is 19.2. The van der Waals surface area contributed by atoms with Crippen LogP contribution in [0.25, 0.3) is 11.0 Å². The van der Waals surface area contributed by atoms with Crippen molar-refractivity contribution < 1.29 is 14.6 Å². The van der Waals surface area contributed by atoms with Gasteiger partial charge in [0.15, 0.2) is 0 Å². The number of aromatic nitrogens is 2. The van der Waals surface area contributed by atoms with Gasteiger partial charge in [0, 0.05) is 23.9 Å². The topological polar surface area (TPSA) is 76.4 Å². The summed E-state index contributed by atoms with van der Waals surface area (Å²) in [6.45, 7) is 5.36. The minimum Gasteiger partial charge on any atom is -0.478 e. The highest BCUT2D eigenvalue weighted by Gasteiger charge is 2.13. The number of rotatable bonds is 8. The van der Waals surface area contributed by atoms with Crippen LogP contribution in [0, 0.1) is 0 Å². The molecule has 2 aromatic carbocycles. The third-order valence-electron chi connectivity index (χ3n) is 4.07. The van der Waals surface area contributed by atoms with Crippen molar-refractivity contribution >= 4 is 40.2 Å². The van der Waals surface area contributed by atoms with Crippen molar-refractivity contribution in [2.75, 3.05) is 11.9 Å². The Hall–Kier alpha value is -2.57. The zero-order chi connectivity index (χ0) is 19.4. The monoisotopic (exact) mass is 387 g/mol. The van der Waals surface area contributed by atoms with Gasteiger partial charge in [-0.1, -0.05) is 11.6 Å².